The third-order valence-corrected chi connectivity index (χ3v) is 7.07. The molecule has 0 saturated carbocycles. The Hall–Kier alpha value is -1.65. The van der Waals surface area contributed by atoms with Crippen molar-refractivity contribution in [1.29, 1.82) is 0 Å². The van der Waals surface area contributed by atoms with Crippen LogP contribution in [0.25, 0.3) is 0 Å². The van der Waals surface area contributed by atoms with Crippen molar-refractivity contribution in [2.45, 2.75) is 17.6 Å². The SMILES string of the molecule is O=S(=O)(Nc1cc(C(F)(F)F)ccc1Cn1cnc(Cl)c1Cl)c1cccc(Cl)c1Cl. The van der Waals surface area contributed by atoms with E-state index in [1.165, 1.54) is 29.1 Å². The van der Waals surface area contributed by atoms with Gasteiger partial charge in [0.25, 0.3) is 10.0 Å². The van der Waals surface area contributed by atoms with E-state index in [0.29, 0.717) is 6.07 Å². The summed E-state index contributed by atoms with van der Waals surface area (Å²) in [7, 11) is -4.37. The van der Waals surface area contributed by atoms with E-state index in [1.807, 2.05) is 0 Å². The molecule has 0 radical (unpaired) electrons. The van der Waals surface area contributed by atoms with Gasteiger partial charge in [-0.2, -0.15) is 13.2 Å². The van der Waals surface area contributed by atoms with Gasteiger partial charge in [0.2, 0.25) is 0 Å². The Labute approximate surface area is 189 Å². The summed E-state index contributed by atoms with van der Waals surface area (Å²) in [5.41, 5.74) is -1.18. The van der Waals surface area contributed by atoms with Crippen molar-refractivity contribution >= 4 is 62.1 Å². The molecule has 0 saturated heterocycles. The average Bonchev–Trinajstić information content (AvgIpc) is 2.96. The third-order valence-electron chi connectivity index (χ3n) is 3.96. The van der Waals surface area contributed by atoms with E-state index in [0.717, 1.165) is 12.1 Å². The molecule has 1 N–H and O–H groups in total. The van der Waals surface area contributed by atoms with Gasteiger partial charge in [-0.15, -0.1) is 0 Å². The molecule has 0 spiro atoms. The van der Waals surface area contributed by atoms with Gasteiger partial charge in [0, 0.05) is 0 Å². The zero-order valence-electron chi connectivity index (χ0n) is 14.5. The standard InChI is InChI=1S/C17H10Cl4F3N3O2S/c18-11-2-1-3-13(14(11)19)30(28,29)26-12-6-10(17(22,23)24)5-4-9(12)7-27-8-25-15(20)16(27)21/h1-6,8,26H,7H2. The molecule has 0 aliphatic heterocycles. The fourth-order valence-corrected chi connectivity index (χ4v) is 4.67. The number of rotatable bonds is 5. The van der Waals surface area contributed by atoms with Crippen molar-refractivity contribution in [3.05, 3.63) is 74.2 Å². The number of sulfonamides is 1. The second-order valence-electron chi connectivity index (χ2n) is 5.98. The first kappa shape index (κ1) is 23.0. The van der Waals surface area contributed by atoms with E-state index in [2.05, 4.69) is 9.71 Å². The van der Waals surface area contributed by atoms with Crippen molar-refractivity contribution in [1.82, 2.24) is 9.55 Å². The Morgan fingerprint density at radius 2 is 1.77 bits per heavy atom. The van der Waals surface area contributed by atoms with Crippen LogP contribution < -0.4 is 4.72 Å². The first-order chi connectivity index (χ1) is 13.9. The summed E-state index contributed by atoms with van der Waals surface area (Å²) in [6.07, 6.45) is -3.42. The first-order valence-corrected chi connectivity index (χ1v) is 10.9. The predicted molar refractivity (Wildman–Crippen MR) is 110 cm³/mol. The van der Waals surface area contributed by atoms with Gasteiger partial charge in [-0.3, -0.25) is 4.72 Å². The Morgan fingerprint density at radius 1 is 1.07 bits per heavy atom. The number of hydrogen-bond acceptors (Lipinski definition) is 3. The number of nitrogens with zero attached hydrogens (tertiary/aromatic N) is 2. The minimum absolute atomic E-state index is 0.00332. The van der Waals surface area contributed by atoms with Gasteiger partial charge in [-0.25, -0.2) is 13.4 Å². The highest BCUT2D eigenvalue weighted by molar-refractivity contribution is 7.92. The molecule has 3 rings (SSSR count). The number of imidazole rings is 1. The zero-order chi connectivity index (χ0) is 22.3. The fraction of sp³-hybridized carbons (Fsp3) is 0.118. The normalized spacial score (nSPS) is 12.2. The Balaban J connectivity index is 2.08. The van der Waals surface area contributed by atoms with Crippen LogP contribution in [0.2, 0.25) is 20.4 Å². The predicted octanol–water partition coefficient (Wildman–Crippen LogP) is 6.36. The molecule has 0 amide bonds. The minimum atomic E-state index is -4.69. The van der Waals surface area contributed by atoms with Crippen LogP contribution in [-0.4, -0.2) is 18.0 Å². The second kappa shape index (κ2) is 8.47. The summed E-state index contributed by atoms with van der Waals surface area (Å²) in [5, 5.41) is -0.243. The van der Waals surface area contributed by atoms with Gasteiger partial charge in [0.1, 0.15) is 10.0 Å². The number of benzene rings is 2. The van der Waals surface area contributed by atoms with E-state index >= 15 is 0 Å². The molecule has 0 fully saturated rings. The molecule has 0 aliphatic carbocycles. The highest BCUT2D eigenvalue weighted by atomic mass is 35.5. The van der Waals surface area contributed by atoms with Gasteiger partial charge >= 0.3 is 6.18 Å². The Morgan fingerprint density at radius 3 is 2.37 bits per heavy atom. The second-order valence-corrected chi connectivity index (χ2v) is 9.13. The van der Waals surface area contributed by atoms with Crippen LogP contribution in [0.5, 0.6) is 0 Å². The molecule has 0 unspecified atom stereocenters. The van der Waals surface area contributed by atoms with E-state index in [9.17, 15) is 21.6 Å². The van der Waals surface area contributed by atoms with Gasteiger partial charge in [0.05, 0.1) is 34.2 Å². The number of anilines is 1. The highest BCUT2D eigenvalue weighted by Gasteiger charge is 2.32. The van der Waals surface area contributed by atoms with Crippen LogP contribution in [0.3, 0.4) is 0 Å². The lowest BCUT2D eigenvalue weighted by Gasteiger charge is -2.17. The van der Waals surface area contributed by atoms with Crippen LogP contribution in [0.4, 0.5) is 18.9 Å². The molecule has 30 heavy (non-hydrogen) atoms. The molecular weight excluding hydrogens is 509 g/mol. The molecule has 13 heteroatoms. The van der Waals surface area contributed by atoms with Gasteiger partial charge in [0.15, 0.2) is 5.15 Å². The zero-order valence-corrected chi connectivity index (χ0v) is 18.4. The van der Waals surface area contributed by atoms with E-state index in [-0.39, 0.29) is 43.0 Å². The molecule has 3 aromatic rings. The first-order valence-electron chi connectivity index (χ1n) is 7.93. The number of alkyl halides is 3. The molecule has 0 aliphatic rings. The maximum atomic E-state index is 13.2. The largest absolute Gasteiger partial charge is 0.416 e. The average molecular weight is 519 g/mol. The lowest BCUT2D eigenvalue weighted by atomic mass is 10.1. The molecular formula is C17H10Cl4F3N3O2S. The van der Waals surface area contributed by atoms with Gasteiger partial charge < -0.3 is 4.57 Å². The quantitative estimate of drug-likeness (QED) is 0.427. The lowest BCUT2D eigenvalue weighted by Crippen LogP contribution is -2.17. The summed E-state index contributed by atoms with van der Waals surface area (Å²) < 4.78 is 68.7. The number of aromatic nitrogens is 2. The summed E-state index contributed by atoms with van der Waals surface area (Å²) in [6.45, 7) is -0.0994. The highest BCUT2D eigenvalue weighted by Crippen LogP contribution is 2.35. The minimum Gasteiger partial charge on any atom is -0.316 e. The van der Waals surface area contributed by atoms with Gasteiger partial charge in [-0.05, 0) is 29.8 Å². The van der Waals surface area contributed by atoms with Crippen LogP contribution in [0, 0.1) is 0 Å². The topological polar surface area (TPSA) is 64.0 Å². The molecule has 1 aromatic heterocycles. The van der Waals surface area contributed by atoms with Crippen molar-refractivity contribution in [3.8, 4) is 0 Å². The number of halogens is 7. The summed E-state index contributed by atoms with van der Waals surface area (Å²) in [4.78, 5) is 3.40. The summed E-state index contributed by atoms with van der Waals surface area (Å²) >= 11 is 23.6. The van der Waals surface area contributed by atoms with E-state index in [1.54, 1.807) is 0 Å². The monoisotopic (exact) mass is 517 g/mol. The maximum absolute atomic E-state index is 13.2. The Kier molecular flexibility index (Phi) is 6.50. The van der Waals surface area contributed by atoms with Crippen molar-refractivity contribution < 1.29 is 21.6 Å². The number of hydrogen-bond donors (Lipinski definition) is 1. The summed E-state index contributed by atoms with van der Waals surface area (Å²) in [6, 6.07) is 6.54. The fourth-order valence-electron chi connectivity index (χ4n) is 2.51. The summed E-state index contributed by atoms with van der Waals surface area (Å²) in [5.74, 6) is 0. The molecule has 160 valence electrons. The van der Waals surface area contributed by atoms with E-state index in [4.69, 9.17) is 46.4 Å². The Bertz CT molecular complexity index is 1210. The molecule has 2 aromatic carbocycles. The van der Waals surface area contributed by atoms with Crippen molar-refractivity contribution in [3.63, 3.8) is 0 Å². The smallest absolute Gasteiger partial charge is 0.316 e. The van der Waals surface area contributed by atoms with Crippen molar-refractivity contribution in [2.75, 3.05) is 4.72 Å². The lowest BCUT2D eigenvalue weighted by molar-refractivity contribution is -0.137. The van der Waals surface area contributed by atoms with Crippen molar-refractivity contribution in [2.24, 2.45) is 0 Å². The number of nitrogens with one attached hydrogen (secondary N) is 1. The molecule has 0 bridgehead atoms. The van der Waals surface area contributed by atoms with Gasteiger partial charge in [-0.1, -0.05) is 58.5 Å². The third kappa shape index (κ3) is 4.81. The van der Waals surface area contributed by atoms with E-state index < -0.39 is 21.8 Å². The van der Waals surface area contributed by atoms with Crippen LogP contribution in [-0.2, 0) is 22.7 Å². The van der Waals surface area contributed by atoms with Crippen LogP contribution in [0.1, 0.15) is 11.1 Å². The molecule has 0 atom stereocenters. The van der Waals surface area contributed by atoms with Crippen LogP contribution in [0.15, 0.2) is 47.6 Å². The molecule has 5 nitrogen and oxygen atoms in total. The maximum Gasteiger partial charge on any atom is 0.416 e. The van der Waals surface area contributed by atoms with Crippen LogP contribution >= 0.6 is 46.4 Å². The molecule has 1 heterocycles.